The third-order valence-corrected chi connectivity index (χ3v) is 5.54. The zero-order chi connectivity index (χ0) is 19.2. The number of carbonyl (C=O) groups excluding carboxylic acids is 2. The average Bonchev–Trinajstić information content (AvgIpc) is 2.69. The van der Waals surface area contributed by atoms with E-state index in [0.29, 0.717) is 37.6 Å². The van der Waals surface area contributed by atoms with E-state index in [1.54, 1.807) is 11.8 Å². The van der Waals surface area contributed by atoms with Gasteiger partial charge in [0.2, 0.25) is 5.91 Å². The first-order chi connectivity index (χ1) is 13.1. The van der Waals surface area contributed by atoms with Gasteiger partial charge in [-0.05, 0) is 57.2 Å². The fourth-order valence-corrected chi connectivity index (χ4v) is 3.96. The van der Waals surface area contributed by atoms with Crippen LogP contribution in [-0.4, -0.2) is 49.7 Å². The minimum absolute atomic E-state index is 0.000894. The highest BCUT2D eigenvalue weighted by atomic mass is 35.5. The van der Waals surface area contributed by atoms with Crippen LogP contribution < -0.4 is 10.2 Å². The molecule has 2 saturated heterocycles. The van der Waals surface area contributed by atoms with Crippen LogP contribution in [-0.2, 0) is 9.53 Å². The molecule has 0 aromatic heterocycles. The lowest BCUT2D eigenvalue weighted by molar-refractivity contribution is -0.121. The number of halogens is 1. The maximum absolute atomic E-state index is 12.8. The summed E-state index contributed by atoms with van der Waals surface area (Å²) in [6.07, 6.45) is 4.59. The molecule has 3 rings (SSSR count). The first-order valence-corrected chi connectivity index (χ1v) is 10.2. The molecular formula is C20H28ClN3O3. The summed E-state index contributed by atoms with van der Waals surface area (Å²) in [7, 11) is 0. The molecule has 1 aromatic rings. The summed E-state index contributed by atoms with van der Waals surface area (Å²) in [4.78, 5) is 28.6. The number of nitrogens with one attached hydrogen (secondary N) is 1. The summed E-state index contributed by atoms with van der Waals surface area (Å²) in [5.41, 5.74) is 1.82. The van der Waals surface area contributed by atoms with Gasteiger partial charge in [-0.15, -0.1) is 0 Å². The highest BCUT2D eigenvalue weighted by molar-refractivity contribution is 6.31. The van der Waals surface area contributed by atoms with Gasteiger partial charge in [-0.1, -0.05) is 11.6 Å². The van der Waals surface area contributed by atoms with Crippen LogP contribution in [0.15, 0.2) is 18.2 Å². The molecule has 148 valence electrons. The summed E-state index contributed by atoms with van der Waals surface area (Å²) in [6.45, 7) is 5.26. The molecule has 0 radical (unpaired) electrons. The van der Waals surface area contributed by atoms with E-state index >= 15 is 0 Å². The number of piperidine rings is 2. The van der Waals surface area contributed by atoms with Crippen LogP contribution in [0.3, 0.4) is 0 Å². The van der Waals surface area contributed by atoms with E-state index in [1.165, 1.54) is 19.3 Å². The lowest BCUT2D eigenvalue weighted by atomic mass is 9.96. The number of hydrogen-bond acceptors (Lipinski definition) is 4. The Morgan fingerprint density at radius 1 is 1.15 bits per heavy atom. The van der Waals surface area contributed by atoms with Crippen molar-refractivity contribution in [1.29, 1.82) is 0 Å². The van der Waals surface area contributed by atoms with Crippen LogP contribution in [0.25, 0.3) is 0 Å². The molecule has 0 saturated carbocycles. The van der Waals surface area contributed by atoms with Gasteiger partial charge in [-0.2, -0.15) is 0 Å². The number of anilines is 2. The SMILES string of the molecule is CCOC(=O)N1CCC(C(=O)Nc2cc(Cl)ccc2N2CCCCC2)CC1. The quantitative estimate of drug-likeness (QED) is 0.835. The van der Waals surface area contributed by atoms with E-state index < -0.39 is 0 Å². The van der Waals surface area contributed by atoms with Crippen LogP contribution in [0.4, 0.5) is 16.2 Å². The zero-order valence-electron chi connectivity index (χ0n) is 15.9. The molecule has 27 heavy (non-hydrogen) atoms. The monoisotopic (exact) mass is 393 g/mol. The van der Waals surface area contributed by atoms with Crippen LogP contribution in [0.1, 0.15) is 39.0 Å². The standard InChI is InChI=1S/C20H28ClN3O3/c1-2-27-20(26)24-12-8-15(9-13-24)19(25)22-17-14-16(21)6-7-18(17)23-10-4-3-5-11-23/h6-7,14-15H,2-5,8-13H2,1H3,(H,22,25). The molecule has 2 amide bonds. The average molecular weight is 394 g/mol. The molecule has 0 spiro atoms. The Morgan fingerprint density at radius 2 is 1.85 bits per heavy atom. The Morgan fingerprint density at radius 3 is 2.52 bits per heavy atom. The second-order valence-electron chi connectivity index (χ2n) is 7.16. The molecule has 0 atom stereocenters. The number of benzene rings is 1. The van der Waals surface area contributed by atoms with Gasteiger partial charge >= 0.3 is 6.09 Å². The lowest BCUT2D eigenvalue weighted by Crippen LogP contribution is -2.41. The smallest absolute Gasteiger partial charge is 0.409 e. The van der Waals surface area contributed by atoms with E-state index in [4.69, 9.17) is 16.3 Å². The molecule has 6 nitrogen and oxygen atoms in total. The molecule has 7 heteroatoms. The predicted molar refractivity (Wildman–Crippen MR) is 107 cm³/mol. The van der Waals surface area contributed by atoms with Crippen LogP contribution in [0.2, 0.25) is 5.02 Å². The van der Waals surface area contributed by atoms with Crippen LogP contribution in [0, 0.1) is 5.92 Å². The van der Waals surface area contributed by atoms with E-state index in [9.17, 15) is 9.59 Å². The number of hydrogen-bond donors (Lipinski definition) is 1. The van der Waals surface area contributed by atoms with Gasteiger partial charge in [0.15, 0.2) is 0 Å². The Labute approximate surface area is 165 Å². The molecule has 2 aliphatic rings. The fraction of sp³-hybridized carbons (Fsp3) is 0.600. The molecule has 2 aliphatic heterocycles. The van der Waals surface area contributed by atoms with Crippen molar-refractivity contribution < 1.29 is 14.3 Å². The normalized spacial score (nSPS) is 18.3. The number of carbonyl (C=O) groups is 2. The van der Waals surface area contributed by atoms with Crippen molar-refractivity contribution >= 4 is 35.0 Å². The Balaban J connectivity index is 1.62. The number of nitrogens with zero attached hydrogens (tertiary/aromatic N) is 2. The first-order valence-electron chi connectivity index (χ1n) is 9.85. The van der Waals surface area contributed by atoms with Gasteiger partial charge in [0, 0.05) is 37.1 Å². The molecule has 1 aromatic carbocycles. The molecule has 2 fully saturated rings. The third kappa shape index (κ3) is 5.06. The summed E-state index contributed by atoms with van der Waals surface area (Å²) in [6, 6.07) is 5.70. The molecule has 2 heterocycles. The lowest BCUT2D eigenvalue weighted by Gasteiger charge is -2.32. The minimum Gasteiger partial charge on any atom is -0.450 e. The second-order valence-corrected chi connectivity index (χ2v) is 7.60. The van der Waals surface area contributed by atoms with Gasteiger partial charge in [0.05, 0.1) is 18.0 Å². The number of amides is 2. The van der Waals surface area contributed by atoms with Crippen molar-refractivity contribution in [2.24, 2.45) is 5.92 Å². The van der Waals surface area contributed by atoms with Crippen molar-refractivity contribution in [2.75, 3.05) is 43.0 Å². The molecule has 0 unspecified atom stereocenters. The summed E-state index contributed by atoms with van der Waals surface area (Å²) < 4.78 is 5.04. The van der Waals surface area contributed by atoms with Crippen molar-refractivity contribution in [3.05, 3.63) is 23.2 Å². The number of ether oxygens (including phenoxy) is 1. The molecular weight excluding hydrogens is 366 g/mol. The predicted octanol–water partition coefficient (Wildman–Crippen LogP) is 4.14. The van der Waals surface area contributed by atoms with E-state index in [1.807, 2.05) is 18.2 Å². The van der Waals surface area contributed by atoms with E-state index in [2.05, 4.69) is 10.2 Å². The van der Waals surface area contributed by atoms with Gasteiger partial charge in [0.1, 0.15) is 0 Å². The van der Waals surface area contributed by atoms with Crippen molar-refractivity contribution in [3.8, 4) is 0 Å². The largest absolute Gasteiger partial charge is 0.450 e. The van der Waals surface area contributed by atoms with Crippen molar-refractivity contribution in [3.63, 3.8) is 0 Å². The highest BCUT2D eigenvalue weighted by Gasteiger charge is 2.28. The summed E-state index contributed by atoms with van der Waals surface area (Å²) in [5, 5.41) is 3.70. The fourth-order valence-electron chi connectivity index (χ4n) is 3.79. The first kappa shape index (κ1) is 19.8. The zero-order valence-corrected chi connectivity index (χ0v) is 16.6. The minimum atomic E-state index is -0.293. The maximum Gasteiger partial charge on any atom is 0.409 e. The Kier molecular flexibility index (Phi) is 6.83. The van der Waals surface area contributed by atoms with Gasteiger partial charge < -0.3 is 19.9 Å². The summed E-state index contributed by atoms with van der Waals surface area (Å²) >= 11 is 6.18. The molecule has 1 N–H and O–H groups in total. The van der Waals surface area contributed by atoms with E-state index in [-0.39, 0.29) is 17.9 Å². The van der Waals surface area contributed by atoms with Crippen LogP contribution >= 0.6 is 11.6 Å². The third-order valence-electron chi connectivity index (χ3n) is 5.30. The number of rotatable bonds is 4. The molecule has 0 bridgehead atoms. The Bertz CT molecular complexity index is 668. The van der Waals surface area contributed by atoms with Crippen molar-refractivity contribution in [1.82, 2.24) is 4.90 Å². The molecule has 0 aliphatic carbocycles. The second kappa shape index (κ2) is 9.31. The van der Waals surface area contributed by atoms with E-state index in [0.717, 1.165) is 24.5 Å². The maximum atomic E-state index is 12.8. The highest BCUT2D eigenvalue weighted by Crippen LogP contribution is 2.32. The summed E-state index contributed by atoms with van der Waals surface area (Å²) in [5.74, 6) is -0.108. The van der Waals surface area contributed by atoms with Gasteiger partial charge in [0.25, 0.3) is 0 Å². The number of likely N-dealkylation sites (tertiary alicyclic amines) is 1. The van der Waals surface area contributed by atoms with Gasteiger partial charge in [-0.25, -0.2) is 4.79 Å². The van der Waals surface area contributed by atoms with Gasteiger partial charge in [-0.3, -0.25) is 4.79 Å². The Hall–Kier alpha value is -1.95. The van der Waals surface area contributed by atoms with Crippen molar-refractivity contribution in [2.45, 2.75) is 39.0 Å². The topological polar surface area (TPSA) is 61.9 Å². The van der Waals surface area contributed by atoms with Crippen LogP contribution in [0.5, 0.6) is 0 Å².